The van der Waals surface area contributed by atoms with E-state index in [1.807, 2.05) is 30.3 Å². The van der Waals surface area contributed by atoms with Gasteiger partial charge in [-0.15, -0.1) is 0 Å². The number of anilines is 1. The Morgan fingerprint density at radius 1 is 1.23 bits per heavy atom. The van der Waals surface area contributed by atoms with Gasteiger partial charge in [0.05, 0.1) is 37.7 Å². The van der Waals surface area contributed by atoms with Crippen molar-refractivity contribution >= 4 is 41.7 Å². The molecule has 0 aliphatic heterocycles. The van der Waals surface area contributed by atoms with E-state index in [2.05, 4.69) is 20.0 Å². The number of hydrogen-bond donors (Lipinski definition) is 6. The summed E-state index contributed by atoms with van der Waals surface area (Å²) in [5, 5.41) is 32.8. The van der Waals surface area contributed by atoms with Gasteiger partial charge in [-0.05, 0) is 33.3 Å². The first-order chi connectivity index (χ1) is 20.3. The second-order valence-electron chi connectivity index (χ2n) is 10.4. The van der Waals surface area contributed by atoms with E-state index in [1.165, 1.54) is 17.8 Å². The minimum absolute atomic E-state index is 0.0234. The molecule has 2 heterocycles. The van der Waals surface area contributed by atoms with Gasteiger partial charge in [0.2, 0.25) is 5.95 Å². The Bertz CT molecular complexity index is 1450. The molecule has 17 heteroatoms. The Morgan fingerprint density at radius 3 is 2.58 bits per heavy atom. The molecule has 5 atom stereocenters. The first kappa shape index (κ1) is 34.8. The summed E-state index contributed by atoms with van der Waals surface area (Å²) < 4.78 is 32.5. The van der Waals surface area contributed by atoms with Crippen molar-refractivity contribution in [2.24, 2.45) is 5.41 Å². The summed E-state index contributed by atoms with van der Waals surface area (Å²) in [6, 6.07) is 9.09. The minimum atomic E-state index is -4.06. The van der Waals surface area contributed by atoms with Gasteiger partial charge in [0, 0.05) is 12.3 Å². The molecule has 0 radical (unpaired) electrons. The van der Waals surface area contributed by atoms with Crippen molar-refractivity contribution in [3.63, 3.8) is 0 Å². The smallest absolute Gasteiger partial charge is 0.395 e. The third-order valence-electron chi connectivity index (χ3n) is 6.34. The van der Waals surface area contributed by atoms with E-state index in [0.29, 0.717) is 0 Å². The molecule has 7 N–H and O–H groups in total. The van der Waals surface area contributed by atoms with Crippen LogP contribution in [0.2, 0.25) is 0 Å². The third kappa shape index (κ3) is 9.66. The fraction of sp³-hybridized carbons (Fsp3) is 0.538. The van der Waals surface area contributed by atoms with Crippen LogP contribution >= 0.6 is 19.5 Å². The van der Waals surface area contributed by atoms with Gasteiger partial charge < -0.3 is 25.8 Å². The van der Waals surface area contributed by atoms with E-state index in [1.54, 1.807) is 20.8 Å². The Labute approximate surface area is 252 Å². The Kier molecular flexibility index (Phi) is 12.4. The Balaban J connectivity index is 1.75. The molecule has 0 saturated carbocycles. The van der Waals surface area contributed by atoms with Crippen LogP contribution in [0, 0.1) is 5.41 Å². The lowest BCUT2D eigenvalue weighted by Crippen LogP contribution is -2.41. The van der Waals surface area contributed by atoms with Crippen LogP contribution in [0.4, 0.5) is 5.95 Å². The first-order valence-corrected chi connectivity index (χ1v) is 16.0. The highest BCUT2D eigenvalue weighted by Gasteiger charge is 2.33. The maximum absolute atomic E-state index is 13.8. The van der Waals surface area contributed by atoms with Gasteiger partial charge in [0.1, 0.15) is 18.4 Å². The van der Waals surface area contributed by atoms with E-state index in [0.717, 1.165) is 17.3 Å². The molecule has 0 bridgehead atoms. The highest BCUT2D eigenvalue weighted by molar-refractivity contribution is 8.13. The Morgan fingerprint density at radius 2 is 1.93 bits per heavy atom. The van der Waals surface area contributed by atoms with Gasteiger partial charge in [-0.3, -0.25) is 28.2 Å². The maximum atomic E-state index is 13.8. The fourth-order valence-electron chi connectivity index (χ4n) is 3.69. The minimum Gasteiger partial charge on any atom is -0.395 e. The van der Waals surface area contributed by atoms with Gasteiger partial charge in [-0.1, -0.05) is 42.1 Å². The average molecular weight is 643 g/mol. The summed E-state index contributed by atoms with van der Waals surface area (Å²) in [6.07, 6.45) is -3.54. The zero-order valence-corrected chi connectivity index (χ0v) is 26.1. The third-order valence-corrected chi connectivity index (χ3v) is 9.09. The SMILES string of the molecule is CC(O)C(O)[C@@H](COP(=O)(NCc1ccccc1)OCCSC(=O)C(C)(C)CO)OC(C)n1cnc2c(=O)[nH]c(N)nc21. The Hall–Kier alpha value is -2.66. The van der Waals surface area contributed by atoms with Crippen molar-refractivity contribution in [1.82, 2.24) is 24.6 Å². The van der Waals surface area contributed by atoms with Crippen LogP contribution in [0.15, 0.2) is 41.5 Å². The molecule has 0 amide bonds. The predicted octanol–water partition coefficient (Wildman–Crippen LogP) is 1.56. The molecule has 1 aromatic carbocycles. The number of nitrogens with two attached hydrogens (primary N) is 1. The molecule has 43 heavy (non-hydrogen) atoms. The summed E-state index contributed by atoms with van der Waals surface area (Å²) in [5.74, 6) is 0.0106. The molecule has 0 spiro atoms. The summed E-state index contributed by atoms with van der Waals surface area (Å²) in [7, 11) is -4.06. The highest BCUT2D eigenvalue weighted by Crippen LogP contribution is 2.45. The zero-order valence-electron chi connectivity index (χ0n) is 24.4. The fourth-order valence-corrected chi connectivity index (χ4v) is 5.93. The van der Waals surface area contributed by atoms with Crippen molar-refractivity contribution in [1.29, 1.82) is 0 Å². The number of aromatic amines is 1. The number of H-pyrrole nitrogens is 1. The molecule has 15 nitrogen and oxygen atoms in total. The molecule has 3 rings (SSSR count). The monoisotopic (exact) mass is 642 g/mol. The first-order valence-electron chi connectivity index (χ1n) is 13.5. The van der Waals surface area contributed by atoms with Gasteiger partial charge >= 0.3 is 7.75 Å². The number of hydrogen-bond acceptors (Lipinski definition) is 13. The van der Waals surface area contributed by atoms with Gasteiger partial charge in [0.25, 0.3) is 5.56 Å². The highest BCUT2D eigenvalue weighted by atomic mass is 32.2. The number of thioether (sulfide) groups is 1. The number of nitrogens with zero attached hydrogens (tertiary/aromatic N) is 3. The number of fused-ring (bicyclic) bond motifs is 1. The van der Waals surface area contributed by atoms with Crippen LogP contribution in [-0.4, -0.2) is 83.8 Å². The van der Waals surface area contributed by atoms with Crippen LogP contribution in [0.1, 0.15) is 39.5 Å². The predicted molar refractivity (Wildman–Crippen MR) is 161 cm³/mol. The lowest BCUT2D eigenvalue weighted by atomic mass is 9.97. The van der Waals surface area contributed by atoms with Crippen molar-refractivity contribution < 1.29 is 38.5 Å². The van der Waals surface area contributed by atoms with E-state index >= 15 is 0 Å². The number of aliphatic hydroxyl groups excluding tert-OH is 3. The average Bonchev–Trinajstić information content (AvgIpc) is 3.40. The van der Waals surface area contributed by atoms with Crippen LogP contribution in [0.3, 0.4) is 0 Å². The van der Waals surface area contributed by atoms with E-state index in [9.17, 15) is 29.5 Å². The largest absolute Gasteiger partial charge is 0.405 e. The number of carbonyl (C=O) groups excluding carboxylic acids is 1. The number of benzene rings is 1. The lowest BCUT2D eigenvalue weighted by molar-refractivity contribution is -0.138. The van der Waals surface area contributed by atoms with Crippen LogP contribution in [0.25, 0.3) is 11.2 Å². The van der Waals surface area contributed by atoms with Crippen LogP contribution in [0.5, 0.6) is 0 Å². The topological polar surface area (TPSA) is 224 Å². The molecule has 0 aliphatic carbocycles. The number of imidazole rings is 1. The lowest BCUT2D eigenvalue weighted by Gasteiger charge is -2.30. The van der Waals surface area contributed by atoms with Gasteiger partial charge in [-0.2, -0.15) is 4.98 Å². The van der Waals surface area contributed by atoms with Crippen LogP contribution < -0.4 is 16.4 Å². The maximum Gasteiger partial charge on any atom is 0.405 e. The molecule has 2 aromatic heterocycles. The number of aromatic nitrogens is 4. The summed E-state index contributed by atoms with van der Waals surface area (Å²) >= 11 is 0.932. The van der Waals surface area contributed by atoms with Gasteiger partial charge in [0.15, 0.2) is 16.3 Å². The number of rotatable bonds is 17. The second-order valence-corrected chi connectivity index (χ2v) is 13.3. The molecule has 3 aromatic rings. The summed E-state index contributed by atoms with van der Waals surface area (Å²) in [5.41, 5.74) is 5.15. The molecule has 4 unspecified atom stereocenters. The molecular weight excluding hydrogens is 603 g/mol. The van der Waals surface area contributed by atoms with Crippen molar-refractivity contribution in [2.45, 2.75) is 58.8 Å². The normalized spacial score (nSPS) is 16.4. The van der Waals surface area contributed by atoms with Crippen molar-refractivity contribution in [3.05, 3.63) is 52.6 Å². The zero-order chi connectivity index (χ0) is 31.8. The standard InChI is InChI=1S/C26H39N6O9PS/c1-16(34)21(35)19(41-17(2)32-15-28-20-22(32)30-25(27)31-23(20)36)13-40-42(38,29-12-18-8-6-5-7-9-18)39-10-11-43-24(37)26(3,4)14-33/h5-9,15-17,19,21,33-35H,10-14H2,1-4H3,(H,29,38)(H3,27,30,31,36)/t16?,17?,19-,21?,42?/m1/s1. The molecule has 238 valence electrons. The van der Waals surface area contributed by atoms with E-state index in [4.69, 9.17) is 19.5 Å². The number of ether oxygens (including phenoxy) is 1. The van der Waals surface area contributed by atoms with Crippen LogP contribution in [-0.2, 0) is 29.7 Å². The summed E-state index contributed by atoms with van der Waals surface area (Å²) in [4.78, 5) is 35.0. The van der Waals surface area contributed by atoms with Crippen molar-refractivity contribution in [2.75, 3.05) is 31.3 Å². The molecule has 0 saturated heterocycles. The number of nitrogens with one attached hydrogen (secondary N) is 2. The van der Waals surface area contributed by atoms with E-state index < -0.39 is 49.9 Å². The second kappa shape index (κ2) is 15.4. The molecule has 0 aliphatic rings. The van der Waals surface area contributed by atoms with Gasteiger partial charge in [-0.25, -0.2) is 14.6 Å². The molecular formula is C26H39N6O9PS. The van der Waals surface area contributed by atoms with Crippen molar-refractivity contribution in [3.8, 4) is 0 Å². The van der Waals surface area contributed by atoms with E-state index in [-0.39, 0.29) is 47.7 Å². The summed E-state index contributed by atoms with van der Waals surface area (Å²) in [6.45, 7) is 5.35. The number of carbonyl (C=O) groups is 1. The molecule has 0 fully saturated rings. The number of nitrogen functional groups attached to an aromatic ring is 1. The quantitative estimate of drug-likeness (QED) is 0.0908. The number of aliphatic hydroxyl groups is 3.